The van der Waals surface area contributed by atoms with Crippen LogP contribution in [0.15, 0.2) is 29.3 Å². The molecule has 1 aromatic rings. The average Bonchev–Trinajstić information content (AvgIpc) is 3.61. The predicted octanol–water partition coefficient (Wildman–Crippen LogP) is 1.94. The first-order valence-corrected chi connectivity index (χ1v) is 11.4. The van der Waals surface area contributed by atoms with Crippen molar-refractivity contribution in [2.24, 2.45) is 10.9 Å². The molecule has 1 aromatic carbocycles. The molecule has 8 nitrogen and oxygen atoms in total. The molecule has 1 saturated heterocycles. The van der Waals surface area contributed by atoms with Gasteiger partial charge in [0.05, 0.1) is 26.3 Å². The van der Waals surface area contributed by atoms with Crippen LogP contribution >= 0.6 is 24.0 Å². The van der Waals surface area contributed by atoms with Gasteiger partial charge in [-0.2, -0.15) is 0 Å². The monoisotopic (exact) mass is 559 g/mol. The summed E-state index contributed by atoms with van der Waals surface area (Å²) in [6, 6.07) is 8.19. The van der Waals surface area contributed by atoms with Gasteiger partial charge in [0.2, 0.25) is 5.91 Å². The van der Waals surface area contributed by atoms with E-state index in [0.717, 1.165) is 62.5 Å². The highest BCUT2D eigenvalue weighted by atomic mass is 127. The molecule has 9 heteroatoms. The second-order valence-corrected chi connectivity index (χ2v) is 8.14. The van der Waals surface area contributed by atoms with Crippen molar-refractivity contribution in [1.82, 2.24) is 20.4 Å². The lowest BCUT2D eigenvalue weighted by molar-refractivity contribution is -0.122. The van der Waals surface area contributed by atoms with Gasteiger partial charge in [-0.05, 0) is 31.7 Å². The number of carbonyl (C=O) groups is 1. The highest BCUT2D eigenvalue weighted by molar-refractivity contribution is 14.0. The molecule has 0 bridgehead atoms. The van der Waals surface area contributed by atoms with E-state index >= 15 is 0 Å². The number of hydrogen-bond donors (Lipinski definition) is 2. The Bertz CT molecular complexity index is 721. The summed E-state index contributed by atoms with van der Waals surface area (Å²) < 4.78 is 11.0. The molecule has 1 aliphatic carbocycles. The summed E-state index contributed by atoms with van der Waals surface area (Å²) >= 11 is 0. The number of nitrogens with one attached hydrogen (secondary N) is 2. The van der Waals surface area contributed by atoms with E-state index in [1.165, 1.54) is 12.8 Å². The van der Waals surface area contributed by atoms with Crippen LogP contribution in [0.4, 0.5) is 0 Å². The minimum atomic E-state index is 0. The fourth-order valence-electron chi connectivity index (χ4n) is 3.52. The molecule has 0 atom stereocenters. The topological polar surface area (TPSA) is 78.4 Å². The number of ether oxygens (including phenoxy) is 2. The average molecular weight is 559 g/mol. The first-order chi connectivity index (χ1) is 15.2. The summed E-state index contributed by atoms with van der Waals surface area (Å²) in [6.07, 6.45) is 2.57. The van der Waals surface area contributed by atoms with Crippen molar-refractivity contribution in [1.29, 1.82) is 0 Å². The van der Waals surface area contributed by atoms with Gasteiger partial charge in [-0.25, -0.2) is 4.99 Å². The van der Waals surface area contributed by atoms with Gasteiger partial charge in [-0.3, -0.25) is 9.69 Å². The van der Waals surface area contributed by atoms with E-state index in [2.05, 4.69) is 33.4 Å². The normalized spacial score (nSPS) is 16.9. The Labute approximate surface area is 209 Å². The van der Waals surface area contributed by atoms with Crippen LogP contribution in [0.5, 0.6) is 5.75 Å². The molecule has 2 fully saturated rings. The molecule has 1 aliphatic heterocycles. The second kappa shape index (κ2) is 14.5. The summed E-state index contributed by atoms with van der Waals surface area (Å²) in [5.41, 5.74) is 1.12. The summed E-state index contributed by atoms with van der Waals surface area (Å²) in [7, 11) is 1.63. The molecule has 180 valence electrons. The summed E-state index contributed by atoms with van der Waals surface area (Å²) in [4.78, 5) is 21.4. The molecule has 1 amide bonds. The third-order valence-electron chi connectivity index (χ3n) is 5.55. The maximum Gasteiger partial charge on any atom is 0.234 e. The van der Waals surface area contributed by atoms with Crippen molar-refractivity contribution in [2.45, 2.75) is 26.3 Å². The molecule has 1 saturated carbocycles. The zero-order valence-electron chi connectivity index (χ0n) is 19.3. The zero-order valence-corrected chi connectivity index (χ0v) is 21.7. The molecule has 2 N–H and O–H groups in total. The molecular weight excluding hydrogens is 521 g/mol. The van der Waals surface area contributed by atoms with Crippen molar-refractivity contribution in [3.05, 3.63) is 29.8 Å². The summed E-state index contributed by atoms with van der Waals surface area (Å²) in [5, 5.41) is 6.30. The van der Waals surface area contributed by atoms with Crippen LogP contribution in [-0.2, 0) is 16.1 Å². The number of hydrogen-bond acceptors (Lipinski definition) is 5. The van der Waals surface area contributed by atoms with Gasteiger partial charge >= 0.3 is 0 Å². The zero-order chi connectivity index (χ0) is 21.9. The number of carbonyl (C=O) groups excluding carboxylic acids is 1. The van der Waals surface area contributed by atoms with Gasteiger partial charge < -0.3 is 25.0 Å². The second-order valence-electron chi connectivity index (χ2n) is 8.14. The fourth-order valence-corrected chi connectivity index (χ4v) is 3.52. The number of guanidine groups is 1. The van der Waals surface area contributed by atoms with Gasteiger partial charge in [0.1, 0.15) is 5.75 Å². The number of aliphatic imine (C=N–C) groups is 1. The van der Waals surface area contributed by atoms with Crippen LogP contribution in [0.1, 0.15) is 25.3 Å². The van der Waals surface area contributed by atoms with Gasteiger partial charge in [-0.15, -0.1) is 24.0 Å². The van der Waals surface area contributed by atoms with Crippen LogP contribution < -0.4 is 15.4 Å². The number of amides is 1. The minimum absolute atomic E-state index is 0. The number of piperazine rings is 1. The number of benzene rings is 1. The fraction of sp³-hybridized carbons (Fsp3) is 0.652. The predicted molar refractivity (Wildman–Crippen MR) is 138 cm³/mol. The van der Waals surface area contributed by atoms with Gasteiger partial charge in [-0.1, -0.05) is 18.2 Å². The Hall–Kier alpha value is -1.59. The first-order valence-electron chi connectivity index (χ1n) is 11.4. The Morgan fingerprint density at radius 3 is 2.59 bits per heavy atom. The Morgan fingerprint density at radius 1 is 1.16 bits per heavy atom. The van der Waals surface area contributed by atoms with Gasteiger partial charge in [0.25, 0.3) is 0 Å². The number of para-hydroxylation sites is 1. The summed E-state index contributed by atoms with van der Waals surface area (Å²) in [6.45, 7) is 9.18. The highest BCUT2D eigenvalue weighted by Crippen LogP contribution is 2.30. The van der Waals surface area contributed by atoms with E-state index in [-0.39, 0.29) is 29.9 Å². The molecule has 2 aliphatic rings. The maximum absolute atomic E-state index is 12.0. The van der Waals surface area contributed by atoms with E-state index in [0.29, 0.717) is 26.2 Å². The van der Waals surface area contributed by atoms with Crippen molar-refractivity contribution < 1.29 is 14.3 Å². The van der Waals surface area contributed by atoms with Crippen molar-refractivity contribution in [3.63, 3.8) is 0 Å². The molecule has 0 aromatic heterocycles. The molecule has 0 radical (unpaired) electrons. The van der Waals surface area contributed by atoms with E-state index in [1.54, 1.807) is 7.11 Å². The number of nitrogens with zero attached hydrogens (tertiary/aromatic N) is 3. The Kier molecular flexibility index (Phi) is 12.1. The SMILES string of the molecule is CCNC(=NCc1ccccc1OCC1CC1)N1CCN(CC(=O)NCCOC)CC1.I. The van der Waals surface area contributed by atoms with Crippen LogP contribution in [0.3, 0.4) is 0 Å². The molecule has 3 rings (SSSR count). The van der Waals surface area contributed by atoms with Gasteiger partial charge in [0, 0.05) is 51.9 Å². The van der Waals surface area contributed by atoms with Crippen LogP contribution in [0.2, 0.25) is 0 Å². The van der Waals surface area contributed by atoms with Crippen molar-refractivity contribution in [2.75, 3.05) is 66.1 Å². The lowest BCUT2D eigenvalue weighted by atomic mass is 10.2. The lowest BCUT2D eigenvalue weighted by Gasteiger charge is -2.36. The van der Waals surface area contributed by atoms with E-state index in [1.807, 2.05) is 18.2 Å². The highest BCUT2D eigenvalue weighted by Gasteiger charge is 2.23. The quantitative estimate of drug-likeness (QED) is 0.187. The number of rotatable bonds is 11. The van der Waals surface area contributed by atoms with E-state index < -0.39 is 0 Å². The molecule has 1 heterocycles. The van der Waals surface area contributed by atoms with Crippen LogP contribution in [-0.4, -0.2) is 87.8 Å². The standard InChI is InChI=1S/C23H37N5O3.HI/c1-3-24-23(26-16-20-6-4-5-7-21(20)31-18-19-8-9-19)28-13-11-27(12-14-28)17-22(29)25-10-15-30-2;/h4-7,19H,3,8-18H2,1-2H3,(H,24,26)(H,25,29);1H. The third-order valence-corrected chi connectivity index (χ3v) is 5.55. The Morgan fingerprint density at radius 2 is 1.91 bits per heavy atom. The lowest BCUT2D eigenvalue weighted by Crippen LogP contribution is -2.54. The molecule has 32 heavy (non-hydrogen) atoms. The van der Waals surface area contributed by atoms with E-state index in [9.17, 15) is 4.79 Å². The van der Waals surface area contributed by atoms with Crippen molar-refractivity contribution in [3.8, 4) is 5.75 Å². The molecule has 0 spiro atoms. The molecule has 0 unspecified atom stereocenters. The Balaban J connectivity index is 0.00000363. The number of methoxy groups -OCH3 is 1. The van der Waals surface area contributed by atoms with Crippen molar-refractivity contribution >= 4 is 35.8 Å². The largest absolute Gasteiger partial charge is 0.493 e. The first kappa shape index (κ1) is 26.7. The van der Waals surface area contributed by atoms with E-state index in [4.69, 9.17) is 14.5 Å². The molecular formula is C23H38IN5O3. The van der Waals surface area contributed by atoms with Crippen LogP contribution in [0, 0.1) is 5.92 Å². The number of halogens is 1. The summed E-state index contributed by atoms with van der Waals surface area (Å²) in [5.74, 6) is 2.64. The minimum Gasteiger partial charge on any atom is -0.493 e. The third kappa shape index (κ3) is 9.11. The van der Waals surface area contributed by atoms with Gasteiger partial charge in [0.15, 0.2) is 5.96 Å². The smallest absolute Gasteiger partial charge is 0.234 e. The van der Waals surface area contributed by atoms with Crippen LogP contribution in [0.25, 0.3) is 0 Å². The maximum atomic E-state index is 12.0.